The lowest BCUT2D eigenvalue weighted by Gasteiger charge is -2.05. The number of fused-ring (bicyclic) bond motifs is 3. The molecule has 0 radical (unpaired) electrons. The highest BCUT2D eigenvalue weighted by Gasteiger charge is 2.16. The normalized spacial score (nSPS) is 10.9. The van der Waals surface area contributed by atoms with E-state index in [0.717, 1.165) is 16.3 Å². The summed E-state index contributed by atoms with van der Waals surface area (Å²) in [5.74, 6) is 0.961. The van der Waals surface area contributed by atoms with Crippen LogP contribution in [0.15, 0.2) is 12.1 Å². The molecule has 0 fully saturated rings. The van der Waals surface area contributed by atoms with Gasteiger partial charge in [0.05, 0.1) is 10.2 Å². The third kappa shape index (κ3) is 2.50. The number of anilines is 1. The van der Waals surface area contributed by atoms with Crippen LogP contribution in [0.3, 0.4) is 0 Å². The topological polar surface area (TPSA) is 42.7 Å². The number of nitrogens with zero attached hydrogens (tertiary/aromatic N) is 3. The Morgan fingerprint density at radius 3 is 2.60 bits per heavy atom. The van der Waals surface area contributed by atoms with Gasteiger partial charge in [0, 0.05) is 24.2 Å². The summed E-state index contributed by atoms with van der Waals surface area (Å²) in [4.78, 5) is 5.68. The molecule has 0 aromatic carbocycles. The molecule has 0 amide bonds. The zero-order chi connectivity index (χ0) is 14.9. The largest absolute Gasteiger partial charge is 0.365 e. The maximum Gasteiger partial charge on any atom is 0.166 e. The Kier molecular flexibility index (Phi) is 4.28. The van der Waals surface area contributed by atoms with Crippen molar-refractivity contribution < 1.29 is 0 Å². The van der Waals surface area contributed by atoms with Gasteiger partial charge in [0.1, 0.15) is 4.83 Å². The van der Waals surface area contributed by atoms with Crippen molar-refractivity contribution in [2.45, 2.75) is 40.7 Å². The van der Waals surface area contributed by atoms with Gasteiger partial charge < -0.3 is 5.32 Å². The number of aromatic nitrogens is 3. The molecule has 108 valence electrons. The standard InChI is InChI=1S/C13H16N4S.C2H6/c1-7(2)14-12-11-10(17(4)16-12)9-6-5-8(3)15-13(9)18-11;1-2/h5-7H,1-4H3,(H,14,16);1-2H3. The van der Waals surface area contributed by atoms with Crippen molar-refractivity contribution in [1.82, 2.24) is 14.8 Å². The van der Waals surface area contributed by atoms with Crippen LogP contribution < -0.4 is 5.32 Å². The summed E-state index contributed by atoms with van der Waals surface area (Å²) in [5, 5.41) is 9.13. The number of hydrogen-bond acceptors (Lipinski definition) is 4. The molecule has 4 nitrogen and oxygen atoms in total. The lowest BCUT2D eigenvalue weighted by molar-refractivity contribution is 0.788. The van der Waals surface area contributed by atoms with Gasteiger partial charge in [-0.2, -0.15) is 5.10 Å². The quantitative estimate of drug-likeness (QED) is 0.763. The Balaban J connectivity index is 0.000000704. The fourth-order valence-electron chi connectivity index (χ4n) is 2.15. The van der Waals surface area contributed by atoms with E-state index in [9.17, 15) is 0 Å². The molecule has 0 aliphatic heterocycles. The zero-order valence-corrected chi connectivity index (χ0v) is 13.8. The van der Waals surface area contributed by atoms with E-state index in [4.69, 9.17) is 0 Å². The third-order valence-electron chi connectivity index (χ3n) is 2.88. The first kappa shape index (κ1) is 14.8. The molecule has 0 bridgehead atoms. The van der Waals surface area contributed by atoms with E-state index in [1.165, 1.54) is 15.6 Å². The predicted molar refractivity (Wildman–Crippen MR) is 88.7 cm³/mol. The van der Waals surface area contributed by atoms with Crippen LogP contribution in [0.1, 0.15) is 33.4 Å². The fourth-order valence-corrected chi connectivity index (χ4v) is 3.35. The number of pyridine rings is 1. The SMILES string of the molecule is CC.Cc1ccc2c(n1)sc1c(NC(C)C)nn(C)c12. The number of thiophene rings is 1. The average molecular weight is 290 g/mol. The molecule has 3 rings (SSSR count). The molecular weight excluding hydrogens is 268 g/mol. The molecule has 3 aromatic heterocycles. The van der Waals surface area contributed by atoms with Gasteiger partial charge in [-0.1, -0.05) is 13.8 Å². The molecule has 0 aliphatic rings. The molecular formula is C15H22N4S. The Morgan fingerprint density at radius 2 is 1.95 bits per heavy atom. The smallest absolute Gasteiger partial charge is 0.166 e. The second kappa shape index (κ2) is 5.79. The summed E-state index contributed by atoms with van der Waals surface area (Å²) in [6.45, 7) is 10.3. The minimum absolute atomic E-state index is 0.378. The number of hydrogen-bond donors (Lipinski definition) is 1. The molecule has 0 aliphatic carbocycles. The molecule has 20 heavy (non-hydrogen) atoms. The van der Waals surface area contributed by atoms with E-state index >= 15 is 0 Å². The zero-order valence-electron chi connectivity index (χ0n) is 13.0. The van der Waals surface area contributed by atoms with Gasteiger partial charge in [0.25, 0.3) is 0 Å². The Labute approximate surface area is 123 Å². The van der Waals surface area contributed by atoms with Crippen LogP contribution in [0.25, 0.3) is 20.4 Å². The summed E-state index contributed by atoms with van der Waals surface area (Å²) in [6, 6.07) is 4.57. The Bertz CT molecular complexity index is 724. The number of nitrogens with one attached hydrogen (secondary N) is 1. The second-order valence-electron chi connectivity index (χ2n) is 4.86. The molecule has 0 unspecified atom stereocenters. The van der Waals surface area contributed by atoms with E-state index in [1.54, 1.807) is 11.3 Å². The van der Waals surface area contributed by atoms with Gasteiger partial charge in [-0.15, -0.1) is 11.3 Å². The second-order valence-corrected chi connectivity index (χ2v) is 5.86. The van der Waals surface area contributed by atoms with Crippen LogP contribution in [-0.4, -0.2) is 20.8 Å². The molecule has 0 saturated heterocycles. The van der Waals surface area contributed by atoms with Gasteiger partial charge in [-0.3, -0.25) is 4.68 Å². The highest BCUT2D eigenvalue weighted by molar-refractivity contribution is 7.26. The van der Waals surface area contributed by atoms with E-state index < -0.39 is 0 Å². The van der Waals surface area contributed by atoms with Crippen molar-refractivity contribution >= 4 is 37.6 Å². The maximum absolute atomic E-state index is 4.60. The number of aryl methyl sites for hydroxylation is 2. The van der Waals surface area contributed by atoms with Gasteiger partial charge in [0.15, 0.2) is 5.82 Å². The van der Waals surface area contributed by atoms with Gasteiger partial charge in [0.2, 0.25) is 0 Å². The van der Waals surface area contributed by atoms with Crippen molar-refractivity contribution in [1.29, 1.82) is 0 Å². The van der Waals surface area contributed by atoms with Crippen LogP contribution in [0.5, 0.6) is 0 Å². The lowest BCUT2D eigenvalue weighted by atomic mass is 10.3. The van der Waals surface area contributed by atoms with Gasteiger partial charge in [-0.25, -0.2) is 4.98 Å². The van der Waals surface area contributed by atoms with Crippen molar-refractivity contribution in [3.05, 3.63) is 17.8 Å². The molecule has 3 heterocycles. The molecule has 0 saturated carbocycles. The average Bonchev–Trinajstić information content (AvgIpc) is 2.90. The Morgan fingerprint density at radius 1 is 1.25 bits per heavy atom. The highest BCUT2D eigenvalue weighted by Crippen LogP contribution is 2.37. The predicted octanol–water partition coefficient (Wildman–Crippen LogP) is 4.34. The lowest BCUT2D eigenvalue weighted by Crippen LogP contribution is -2.10. The van der Waals surface area contributed by atoms with Crippen LogP contribution in [0, 0.1) is 6.92 Å². The monoisotopic (exact) mass is 290 g/mol. The van der Waals surface area contributed by atoms with E-state index in [-0.39, 0.29) is 0 Å². The highest BCUT2D eigenvalue weighted by atomic mass is 32.1. The molecule has 1 N–H and O–H groups in total. The fraction of sp³-hybridized carbons (Fsp3) is 0.467. The van der Waals surface area contributed by atoms with Gasteiger partial charge >= 0.3 is 0 Å². The molecule has 3 aromatic rings. The van der Waals surface area contributed by atoms with Gasteiger partial charge in [-0.05, 0) is 32.9 Å². The summed E-state index contributed by atoms with van der Waals surface area (Å²) in [7, 11) is 1.99. The molecule has 0 spiro atoms. The van der Waals surface area contributed by atoms with Crippen LogP contribution >= 0.6 is 11.3 Å². The summed E-state index contributed by atoms with van der Waals surface area (Å²) < 4.78 is 3.13. The summed E-state index contributed by atoms with van der Waals surface area (Å²) in [6.07, 6.45) is 0. The first-order valence-electron chi connectivity index (χ1n) is 7.05. The third-order valence-corrected chi connectivity index (χ3v) is 3.98. The first-order chi connectivity index (χ1) is 9.56. The van der Waals surface area contributed by atoms with Crippen molar-refractivity contribution in [2.75, 3.05) is 5.32 Å². The molecule has 0 atom stereocenters. The number of rotatable bonds is 2. The Hall–Kier alpha value is -1.62. The van der Waals surface area contributed by atoms with E-state index in [1.807, 2.05) is 32.5 Å². The minimum Gasteiger partial charge on any atom is -0.365 e. The molecule has 5 heteroatoms. The van der Waals surface area contributed by atoms with E-state index in [2.05, 4.69) is 41.4 Å². The van der Waals surface area contributed by atoms with Crippen LogP contribution in [-0.2, 0) is 7.05 Å². The minimum atomic E-state index is 0.378. The summed E-state index contributed by atoms with van der Waals surface area (Å²) >= 11 is 1.71. The van der Waals surface area contributed by atoms with E-state index in [0.29, 0.717) is 6.04 Å². The van der Waals surface area contributed by atoms with Crippen molar-refractivity contribution in [2.24, 2.45) is 7.05 Å². The summed E-state index contributed by atoms with van der Waals surface area (Å²) in [5.41, 5.74) is 2.23. The maximum atomic E-state index is 4.60. The first-order valence-corrected chi connectivity index (χ1v) is 7.87. The van der Waals surface area contributed by atoms with Crippen molar-refractivity contribution in [3.63, 3.8) is 0 Å². The van der Waals surface area contributed by atoms with Crippen LogP contribution in [0.2, 0.25) is 0 Å². The van der Waals surface area contributed by atoms with Crippen molar-refractivity contribution in [3.8, 4) is 0 Å². The van der Waals surface area contributed by atoms with Crippen LogP contribution in [0.4, 0.5) is 5.82 Å².